The predicted octanol–water partition coefficient (Wildman–Crippen LogP) is 0.988. The molecule has 1 aromatic rings. The van der Waals surface area contributed by atoms with Crippen molar-refractivity contribution < 1.29 is 32.4 Å². The lowest BCUT2D eigenvalue weighted by Gasteiger charge is -2.48. The van der Waals surface area contributed by atoms with Crippen molar-refractivity contribution in [2.75, 3.05) is 12.4 Å². The smallest absolute Gasteiger partial charge is 0.352 e. The molecule has 0 aliphatic carbocycles. The van der Waals surface area contributed by atoms with Crippen LogP contribution in [0.2, 0.25) is 0 Å². The van der Waals surface area contributed by atoms with Gasteiger partial charge in [-0.25, -0.2) is 4.79 Å². The van der Waals surface area contributed by atoms with E-state index < -0.39 is 22.1 Å². The average Bonchev–Trinajstić information content (AvgIpc) is 3.20. The Balaban J connectivity index is 0.000000188. The number of carbonyl (C=O) groups excluding carboxylic acids is 1. The lowest BCUT2D eigenvalue weighted by Crippen LogP contribution is -2.68. The number of β-lactam (4-membered cyclic amide) rings is 1. The van der Waals surface area contributed by atoms with Gasteiger partial charge in [-0.1, -0.05) is 17.7 Å². The first-order chi connectivity index (χ1) is 13.6. The molecule has 4 N–H and O–H groups in total. The molecule has 1 aromatic carbocycles. The maximum Gasteiger partial charge on any atom is 0.352 e. The lowest BCUT2D eigenvalue weighted by atomic mass is 10.00. The van der Waals surface area contributed by atoms with Crippen molar-refractivity contribution in [3.05, 3.63) is 41.1 Å². The monoisotopic (exact) mass is 442 g/mol. The van der Waals surface area contributed by atoms with Crippen molar-refractivity contribution in [3.8, 4) is 0 Å². The largest absolute Gasteiger partial charge is 0.477 e. The summed E-state index contributed by atoms with van der Waals surface area (Å²) in [4.78, 5) is 24.4. The van der Waals surface area contributed by atoms with Gasteiger partial charge in [-0.2, -0.15) is 8.42 Å². The number of ether oxygens (including phenoxy) is 1. The standard InChI is InChI=1S/C11H14N2O4S.C7H8O3S/c12-7-9(14)13-8(11(15)16)5(4-18-10(7)13)6-2-1-3-17-6;1-6-2-4-7(5-3-6)11(8,9)10/h6-7,10H,1-4,12H2,(H,15,16);2-5H,1H3,(H,8,9,10)/t6-,7+,10+;/m0./s1. The minimum Gasteiger partial charge on any atom is -0.477 e. The van der Waals surface area contributed by atoms with E-state index in [2.05, 4.69) is 0 Å². The first-order valence-electron chi connectivity index (χ1n) is 8.93. The van der Waals surface area contributed by atoms with E-state index in [0.29, 0.717) is 12.4 Å². The van der Waals surface area contributed by atoms with Gasteiger partial charge < -0.3 is 15.6 Å². The SMILES string of the molecule is Cc1ccc(S(=O)(=O)O)cc1.N[C@@H]1C(=O)N2C(C(=O)O)=C([C@@H]3CCCO3)CS[C@H]12. The van der Waals surface area contributed by atoms with E-state index in [9.17, 15) is 23.1 Å². The van der Waals surface area contributed by atoms with Crippen molar-refractivity contribution in [3.63, 3.8) is 0 Å². The van der Waals surface area contributed by atoms with Gasteiger partial charge in [0, 0.05) is 12.4 Å². The number of benzene rings is 1. The molecule has 0 bridgehead atoms. The van der Waals surface area contributed by atoms with Crippen LogP contribution in [-0.4, -0.2) is 64.7 Å². The number of hydrogen-bond donors (Lipinski definition) is 3. The number of nitrogens with two attached hydrogens (primary N) is 1. The zero-order valence-corrected chi connectivity index (χ0v) is 17.3. The molecule has 0 aromatic heterocycles. The van der Waals surface area contributed by atoms with Gasteiger partial charge in [0.25, 0.3) is 10.1 Å². The van der Waals surface area contributed by atoms with Crippen LogP contribution >= 0.6 is 11.8 Å². The maximum absolute atomic E-state index is 11.7. The van der Waals surface area contributed by atoms with Gasteiger partial charge in [0.15, 0.2) is 0 Å². The molecule has 3 aliphatic heterocycles. The molecule has 0 saturated carbocycles. The van der Waals surface area contributed by atoms with E-state index in [0.717, 1.165) is 24.0 Å². The third-order valence-corrected chi connectivity index (χ3v) is 7.07. The van der Waals surface area contributed by atoms with Crippen molar-refractivity contribution in [2.45, 2.75) is 42.2 Å². The van der Waals surface area contributed by atoms with Gasteiger partial charge in [0.1, 0.15) is 17.1 Å². The molecule has 1 amide bonds. The first kappa shape index (κ1) is 21.8. The number of rotatable bonds is 3. The van der Waals surface area contributed by atoms with Crippen LogP contribution in [0, 0.1) is 6.92 Å². The van der Waals surface area contributed by atoms with Crippen LogP contribution in [0.15, 0.2) is 40.4 Å². The van der Waals surface area contributed by atoms with E-state index in [1.165, 1.54) is 28.8 Å². The molecule has 0 radical (unpaired) electrons. The van der Waals surface area contributed by atoms with E-state index in [1.54, 1.807) is 12.1 Å². The van der Waals surface area contributed by atoms with E-state index in [4.69, 9.17) is 15.0 Å². The van der Waals surface area contributed by atoms with Crippen LogP contribution < -0.4 is 5.73 Å². The molecule has 4 rings (SSSR count). The Labute approximate surface area is 172 Å². The quantitative estimate of drug-likeness (QED) is 0.460. The molecule has 29 heavy (non-hydrogen) atoms. The highest BCUT2D eigenvalue weighted by molar-refractivity contribution is 8.00. The van der Waals surface area contributed by atoms with E-state index in [-0.39, 0.29) is 28.0 Å². The molecule has 2 fully saturated rings. The highest BCUT2D eigenvalue weighted by atomic mass is 32.2. The third kappa shape index (κ3) is 4.48. The summed E-state index contributed by atoms with van der Waals surface area (Å²) in [5.74, 6) is -0.791. The lowest BCUT2D eigenvalue weighted by molar-refractivity contribution is -0.148. The predicted molar refractivity (Wildman–Crippen MR) is 106 cm³/mol. The number of aryl methyl sites for hydroxylation is 1. The van der Waals surface area contributed by atoms with Crippen molar-refractivity contribution in [1.29, 1.82) is 0 Å². The van der Waals surface area contributed by atoms with Crippen LogP contribution in [0.4, 0.5) is 0 Å². The molecule has 158 valence electrons. The average molecular weight is 443 g/mol. The minimum atomic E-state index is -4.02. The van der Waals surface area contributed by atoms with Crippen molar-refractivity contribution in [2.24, 2.45) is 5.73 Å². The second-order valence-electron chi connectivity index (χ2n) is 6.90. The van der Waals surface area contributed by atoms with Gasteiger partial charge in [0.2, 0.25) is 5.91 Å². The van der Waals surface area contributed by atoms with Crippen molar-refractivity contribution >= 4 is 33.8 Å². The molecule has 0 unspecified atom stereocenters. The van der Waals surface area contributed by atoms with Crippen molar-refractivity contribution in [1.82, 2.24) is 4.90 Å². The minimum absolute atomic E-state index is 0.0666. The molecule has 3 heterocycles. The third-order valence-electron chi connectivity index (χ3n) is 4.88. The summed E-state index contributed by atoms with van der Waals surface area (Å²) in [6.07, 6.45) is 1.60. The number of carbonyl (C=O) groups is 2. The highest BCUT2D eigenvalue weighted by Crippen LogP contribution is 2.41. The molecule has 0 spiro atoms. The van der Waals surface area contributed by atoms with Gasteiger partial charge in [-0.05, 0) is 37.5 Å². The van der Waals surface area contributed by atoms with E-state index in [1.807, 2.05) is 6.92 Å². The number of amides is 1. The Bertz CT molecular complexity index is 937. The van der Waals surface area contributed by atoms with E-state index >= 15 is 0 Å². The number of thioether (sulfide) groups is 1. The number of aliphatic carboxylic acids is 1. The summed E-state index contributed by atoms with van der Waals surface area (Å²) in [7, 11) is -4.02. The highest BCUT2D eigenvalue weighted by Gasteiger charge is 2.52. The second-order valence-corrected chi connectivity index (χ2v) is 9.43. The van der Waals surface area contributed by atoms with Gasteiger partial charge >= 0.3 is 5.97 Å². The molecular weight excluding hydrogens is 420 g/mol. The summed E-state index contributed by atoms with van der Waals surface area (Å²) in [5.41, 5.74) is 7.45. The first-order valence-corrected chi connectivity index (χ1v) is 11.4. The molecule has 11 heteroatoms. The fourth-order valence-electron chi connectivity index (χ4n) is 3.35. The van der Waals surface area contributed by atoms with Crippen LogP contribution in [-0.2, 0) is 24.4 Å². The summed E-state index contributed by atoms with van der Waals surface area (Å²) in [6, 6.07) is 5.41. The fourth-order valence-corrected chi connectivity index (χ4v) is 5.18. The Morgan fingerprint density at radius 2 is 1.97 bits per heavy atom. The zero-order valence-electron chi connectivity index (χ0n) is 15.6. The number of fused-ring (bicyclic) bond motifs is 1. The van der Waals surface area contributed by atoms with Crippen LogP contribution in [0.3, 0.4) is 0 Å². The summed E-state index contributed by atoms with van der Waals surface area (Å²) in [5, 5.41) is 9.11. The van der Waals surface area contributed by atoms with Gasteiger partial charge in [0.05, 0.1) is 11.0 Å². The summed E-state index contributed by atoms with van der Waals surface area (Å²) >= 11 is 1.52. The van der Waals surface area contributed by atoms with Gasteiger partial charge in [-0.15, -0.1) is 11.8 Å². The molecule has 3 aliphatic rings. The Morgan fingerprint density at radius 3 is 2.48 bits per heavy atom. The Hall–Kier alpha value is -1.92. The zero-order chi connectivity index (χ0) is 21.3. The Morgan fingerprint density at radius 1 is 1.31 bits per heavy atom. The number of nitrogens with zero attached hydrogens (tertiary/aromatic N) is 1. The van der Waals surface area contributed by atoms with Crippen LogP contribution in [0.1, 0.15) is 18.4 Å². The summed E-state index contributed by atoms with van der Waals surface area (Å²) < 4.78 is 35.1. The molecule has 9 nitrogen and oxygen atoms in total. The molecular formula is C18H22N2O7S2. The summed E-state index contributed by atoms with van der Waals surface area (Å²) in [6.45, 7) is 2.50. The van der Waals surface area contributed by atoms with Crippen LogP contribution in [0.25, 0.3) is 0 Å². The number of hydrogen-bond acceptors (Lipinski definition) is 7. The molecule has 2 saturated heterocycles. The molecule has 3 atom stereocenters. The van der Waals surface area contributed by atoms with Crippen LogP contribution in [0.5, 0.6) is 0 Å². The Kier molecular flexibility index (Phi) is 6.34. The van der Waals surface area contributed by atoms with Gasteiger partial charge in [-0.3, -0.25) is 14.2 Å². The normalized spacial score (nSPS) is 26.4. The number of carboxylic acids is 1. The second kappa shape index (κ2) is 8.44. The number of carboxylic acid groups (broad SMARTS) is 1. The fraction of sp³-hybridized carbons (Fsp3) is 0.444. The maximum atomic E-state index is 11.7. The topological polar surface area (TPSA) is 147 Å².